The maximum atomic E-state index is 14.0. The zero-order chi connectivity index (χ0) is 26.6. The van der Waals surface area contributed by atoms with Crippen molar-refractivity contribution >= 4 is 17.5 Å². The van der Waals surface area contributed by atoms with Gasteiger partial charge in [-0.15, -0.1) is 0 Å². The molecule has 3 aliphatic rings. The van der Waals surface area contributed by atoms with Gasteiger partial charge in [-0.25, -0.2) is 13.2 Å². The van der Waals surface area contributed by atoms with Gasteiger partial charge in [-0.05, 0) is 25.8 Å². The van der Waals surface area contributed by atoms with Gasteiger partial charge in [0.05, 0.1) is 6.04 Å². The molecule has 4 unspecified atom stereocenters. The number of amides is 2. The molecule has 2 bridgehead atoms. The average Bonchev–Trinajstić information content (AvgIpc) is 3.12. The summed E-state index contributed by atoms with van der Waals surface area (Å²) in [5.74, 6) is -4.33. The van der Waals surface area contributed by atoms with E-state index in [1.807, 2.05) is 0 Å². The SMILES string of the molecule is CC1CCC2(ON=C(CF)C2O)C2CN1C(=O)c1c(O)c(=O)c(C(=O)NCc3ccc(F)cc3F)cn12. The maximum Gasteiger partial charge on any atom is 0.274 e. The molecule has 4 heterocycles. The molecule has 0 aliphatic carbocycles. The number of hydrogen-bond donors (Lipinski definition) is 3. The summed E-state index contributed by atoms with van der Waals surface area (Å²) in [7, 11) is 0. The summed E-state index contributed by atoms with van der Waals surface area (Å²) in [5, 5.41) is 27.8. The van der Waals surface area contributed by atoms with Gasteiger partial charge in [0, 0.05) is 37.0 Å². The van der Waals surface area contributed by atoms with E-state index in [9.17, 15) is 37.8 Å². The van der Waals surface area contributed by atoms with Gasteiger partial charge in [0.2, 0.25) is 5.43 Å². The lowest BCUT2D eigenvalue weighted by atomic mass is 9.82. The Morgan fingerprint density at radius 2 is 2.08 bits per heavy atom. The monoisotopic (exact) mass is 520 g/mol. The first-order valence-corrected chi connectivity index (χ1v) is 11.6. The van der Waals surface area contributed by atoms with Crippen LogP contribution in [0, 0.1) is 11.6 Å². The first-order valence-electron chi connectivity index (χ1n) is 11.6. The quantitative estimate of drug-likeness (QED) is 0.558. The second-order valence-corrected chi connectivity index (χ2v) is 9.42. The highest BCUT2D eigenvalue weighted by Crippen LogP contribution is 2.46. The average molecular weight is 520 g/mol. The summed E-state index contributed by atoms with van der Waals surface area (Å²) in [6, 6.07) is 1.48. The Morgan fingerprint density at radius 3 is 2.76 bits per heavy atom. The molecule has 13 heteroatoms. The molecule has 1 fully saturated rings. The number of nitrogens with zero attached hydrogens (tertiary/aromatic N) is 3. The maximum absolute atomic E-state index is 14.0. The van der Waals surface area contributed by atoms with E-state index in [0.29, 0.717) is 12.5 Å². The molecule has 2 amide bonds. The van der Waals surface area contributed by atoms with Gasteiger partial charge in [-0.2, -0.15) is 0 Å². The van der Waals surface area contributed by atoms with Crippen LogP contribution in [0.4, 0.5) is 13.2 Å². The number of aliphatic hydroxyl groups is 1. The Morgan fingerprint density at radius 1 is 1.32 bits per heavy atom. The van der Waals surface area contributed by atoms with Crippen LogP contribution in [0.15, 0.2) is 34.3 Å². The summed E-state index contributed by atoms with van der Waals surface area (Å²) < 4.78 is 41.8. The molecular weight excluding hydrogens is 497 g/mol. The van der Waals surface area contributed by atoms with Gasteiger partial charge in [0.1, 0.15) is 35.7 Å². The lowest BCUT2D eigenvalue weighted by Crippen LogP contribution is -2.56. The number of aromatic nitrogens is 1. The van der Waals surface area contributed by atoms with Crippen LogP contribution < -0.4 is 10.7 Å². The summed E-state index contributed by atoms with van der Waals surface area (Å²) in [6.07, 6.45) is 0.101. The minimum Gasteiger partial charge on any atom is -0.503 e. The molecule has 196 valence electrons. The Labute approximate surface area is 207 Å². The van der Waals surface area contributed by atoms with E-state index >= 15 is 0 Å². The third-order valence-corrected chi connectivity index (χ3v) is 7.38. The Balaban J connectivity index is 1.57. The van der Waals surface area contributed by atoms with Gasteiger partial charge in [-0.1, -0.05) is 11.2 Å². The molecule has 37 heavy (non-hydrogen) atoms. The Bertz CT molecular complexity index is 1400. The first-order chi connectivity index (χ1) is 17.6. The fourth-order valence-corrected chi connectivity index (χ4v) is 5.24. The van der Waals surface area contributed by atoms with Gasteiger partial charge in [-0.3, -0.25) is 14.4 Å². The molecule has 4 atom stereocenters. The highest BCUT2D eigenvalue weighted by molar-refractivity contribution is 5.99. The normalized spacial score (nSPS) is 26.4. The van der Waals surface area contributed by atoms with E-state index < -0.39 is 70.3 Å². The first kappa shape index (κ1) is 24.8. The topological polar surface area (TPSA) is 133 Å². The van der Waals surface area contributed by atoms with E-state index in [-0.39, 0.29) is 36.8 Å². The molecule has 1 saturated heterocycles. The van der Waals surface area contributed by atoms with Crippen LogP contribution in [-0.4, -0.2) is 68.2 Å². The van der Waals surface area contributed by atoms with Gasteiger partial charge in [0.25, 0.3) is 11.8 Å². The molecular formula is C24H23F3N4O6. The molecule has 0 saturated carbocycles. The zero-order valence-corrected chi connectivity index (χ0v) is 19.6. The van der Waals surface area contributed by atoms with Crippen molar-refractivity contribution < 1.29 is 37.8 Å². The van der Waals surface area contributed by atoms with Gasteiger partial charge < -0.3 is 29.8 Å². The Kier molecular flexibility index (Phi) is 5.97. The van der Waals surface area contributed by atoms with Gasteiger partial charge >= 0.3 is 0 Å². The number of fused-ring (bicyclic) bond motifs is 5. The summed E-state index contributed by atoms with van der Waals surface area (Å²) >= 11 is 0. The Hall–Kier alpha value is -3.87. The van der Waals surface area contributed by atoms with E-state index in [1.54, 1.807) is 6.92 Å². The number of alkyl halides is 1. The molecule has 3 N–H and O–H groups in total. The molecule has 1 spiro atoms. The summed E-state index contributed by atoms with van der Waals surface area (Å²) in [5.41, 5.74) is -3.89. The number of rotatable bonds is 4. The van der Waals surface area contributed by atoms with E-state index in [4.69, 9.17) is 4.84 Å². The van der Waals surface area contributed by atoms with Crippen LogP contribution in [0.1, 0.15) is 52.2 Å². The molecule has 10 nitrogen and oxygen atoms in total. The highest BCUT2D eigenvalue weighted by atomic mass is 19.1. The molecule has 1 aromatic heterocycles. The third kappa shape index (κ3) is 3.76. The van der Waals surface area contributed by atoms with Crippen LogP contribution >= 0.6 is 0 Å². The molecule has 3 aliphatic heterocycles. The number of nitrogens with one attached hydrogen (secondary N) is 1. The standard InChI is InChI=1S/C24H23F3N4O6/c1-11-4-5-24(21(34)16(7-25)29-37-24)17-10-30(11)23(36)18-20(33)19(32)14(9-31(17)18)22(35)28-8-12-2-3-13(26)6-15(12)27/h2-3,6,9,11,17,21,33-34H,4-5,7-8,10H2,1H3,(H,28,35). The predicted octanol–water partition coefficient (Wildman–Crippen LogP) is 1.40. The van der Waals surface area contributed by atoms with Crippen molar-refractivity contribution in [1.82, 2.24) is 14.8 Å². The highest BCUT2D eigenvalue weighted by Gasteiger charge is 2.59. The van der Waals surface area contributed by atoms with E-state index in [1.165, 1.54) is 9.47 Å². The fourth-order valence-electron chi connectivity index (χ4n) is 5.24. The number of benzene rings is 1. The number of aromatic hydroxyl groups is 1. The number of hydrogen-bond acceptors (Lipinski definition) is 7. The third-order valence-electron chi connectivity index (χ3n) is 7.38. The van der Waals surface area contributed by atoms with Crippen molar-refractivity contribution in [2.24, 2.45) is 5.16 Å². The predicted molar refractivity (Wildman–Crippen MR) is 122 cm³/mol. The van der Waals surface area contributed by atoms with Gasteiger partial charge in [0.15, 0.2) is 17.0 Å². The van der Waals surface area contributed by atoms with Crippen LogP contribution in [0.25, 0.3) is 0 Å². The minimum absolute atomic E-state index is 0.0245. The van der Waals surface area contributed by atoms with Crippen molar-refractivity contribution in [3.63, 3.8) is 0 Å². The number of oxime groups is 1. The van der Waals surface area contributed by atoms with Crippen LogP contribution in [-0.2, 0) is 11.4 Å². The number of halogens is 3. The summed E-state index contributed by atoms with van der Waals surface area (Å²) in [6.45, 7) is 0.278. The number of aliphatic hydroxyl groups excluding tert-OH is 1. The van der Waals surface area contributed by atoms with Crippen LogP contribution in [0.2, 0.25) is 0 Å². The second kappa shape index (κ2) is 8.91. The van der Waals surface area contributed by atoms with Crippen molar-refractivity contribution in [3.05, 3.63) is 63.1 Å². The summed E-state index contributed by atoms with van der Waals surface area (Å²) in [4.78, 5) is 46.2. The van der Waals surface area contributed by atoms with Crippen molar-refractivity contribution in [2.45, 2.75) is 50.1 Å². The lowest BCUT2D eigenvalue weighted by molar-refractivity contribution is -0.114. The van der Waals surface area contributed by atoms with Crippen LogP contribution in [0.5, 0.6) is 5.75 Å². The number of carbonyl (C=O) groups is 2. The smallest absolute Gasteiger partial charge is 0.274 e. The molecule has 5 rings (SSSR count). The number of pyridine rings is 1. The van der Waals surface area contributed by atoms with E-state index in [2.05, 4.69) is 10.5 Å². The minimum atomic E-state index is -1.52. The lowest BCUT2D eigenvalue weighted by Gasteiger charge is -2.43. The molecule has 1 aromatic carbocycles. The van der Waals surface area contributed by atoms with E-state index in [0.717, 1.165) is 18.3 Å². The fraction of sp³-hybridized carbons (Fsp3) is 0.417. The molecule has 0 radical (unpaired) electrons. The zero-order valence-electron chi connectivity index (χ0n) is 19.6. The largest absolute Gasteiger partial charge is 0.503 e. The van der Waals surface area contributed by atoms with Crippen molar-refractivity contribution in [2.75, 3.05) is 13.2 Å². The van der Waals surface area contributed by atoms with Crippen molar-refractivity contribution in [1.29, 1.82) is 0 Å². The molecule has 2 aromatic rings. The number of carbonyl (C=O) groups excluding carboxylic acids is 2. The van der Waals surface area contributed by atoms with Crippen LogP contribution in [0.3, 0.4) is 0 Å². The van der Waals surface area contributed by atoms with Crippen molar-refractivity contribution in [3.8, 4) is 5.75 Å². The second-order valence-electron chi connectivity index (χ2n) is 9.42.